The number of amides is 1. The zero-order valence-corrected chi connectivity index (χ0v) is 21.4. The van der Waals surface area contributed by atoms with Crippen LogP contribution < -0.4 is 0 Å². The van der Waals surface area contributed by atoms with Crippen LogP contribution in [0.2, 0.25) is 5.02 Å². The first-order valence-electron chi connectivity index (χ1n) is 12.1. The van der Waals surface area contributed by atoms with Crippen LogP contribution in [-0.4, -0.2) is 77.8 Å². The molecule has 1 unspecified atom stereocenters. The summed E-state index contributed by atoms with van der Waals surface area (Å²) >= 11 is 6.24. The third-order valence-electron chi connectivity index (χ3n) is 6.73. The highest BCUT2D eigenvalue weighted by atomic mass is 35.5. The number of carbonyl (C=O) groups excluding carboxylic acids is 1. The summed E-state index contributed by atoms with van der Waals surface area (Å²) in [5, 5.41) is 4.62. The number of halogens is 1. The second kappa shape index (κ2) is 10.7. The highest BCUT2D eigenvalue weighted by Gasteiger charge is 2.34. The van der Waals surface area contributed by atoms with Gasteiger partial charge in [0, 0.05) is 38.3 Å². The minimum absolute atomic E-state index is 0.0822. The molecule has 1 atom stereocenters. The molecule has 5 rings (SSSR count). The highest BCUT2D eigenvalue weighted by molar-refractivity contribution is 7.89. The minimum atomic E-state index is -3.54. The molecule has 190 valence electrons. The van der Waals surface area contributed by atoms with Crippen molar-refractivity contribution in [3.63, 3.8) is 0 Å². The van der Waals surface area contributed by atoms with Gasteiger partial charge in [-0.1, -0.05) is 47.1 Å². The van der Waals surface area contributed by atoms with Gasteiger partial charge >= 0.3 is 0 Å². The van der Waals surface area contributed by atoms with Crippen LogP contribution in [0.4, 0.5) is 0 Å². The normalized spacial score (nSPS) is 19.9. The standard InChI is InChI=1S/C25H28ClN5O4S/c26-22-11-5-4-10-21(22)24-27-23(35-28-24)18-29-12-6-7-19(17-29)25(32)30-13-15-31(16-14-30)36(33,34)20-8-2-1-3-9-20/h1-5,8-11,19H,6-7,12-18H2. The maximum Gasteiger partial charge on any atom is 0.243 e. The molecule has 3 aromatic rings. The Labute approximate surface area is 215 Å². The molecule has 2 aromatic carbocycles. The minimum Gasteiger partial charge on any atom is -0.340 e. The van der Waals surface area contributed by atoms with Crippen molar-refractivity contribution in [1.82, 2.24) is 24.2 Å². The summed E-state index contributed by atoms with van der Waals surface area (Å²) in [5.41, 5.74) is 0.717. The number of hydrogen-bond donors (Lipinski definition) is 0. The quantitative estimate of drug-likeness (QED) is 0.483. The van der Waals surface area contributed by atoms with Crippen LogP contribution in [-0.2, 0) is 21.4 Å². The van der Waals surface area contributed by atoms with E-state index in [0.29, 0.717) is 61.6 Å². The molecule has 11 heteroatoms. The molecule has 36 heavy (non-hydrogen) atoms. The van der Waals surface area contributed by atoms with E-state index in [1.807, 2.05) is 18.2 Å². The molecule has 1 aromatic heterocycles. The lowest BCUT2D eigenvalue weighted by Gasteiger charge is -2.38. The first-order chi connectivity index (χ1) is 17.4. The van der Waals surface area contributed by atoms with Crippen LogP contribution in [0.3, 0.4) is 0 Å². The Morgan fingerprint density at radius 1 is 1.00 bits per heavy atom. The Hall–Kier alpha value is -2.79. The smallest absolute Gasteiger partial charge is 0.243 e. The maximum atomic E-state index is 13.3. The monoisotopic (exact) mass is 529 g/mol. The number of rotatable bonds is 6. The number of piperazine rings is 1. The first-order valence-corrected chi connectivity index (χ1v) is 13.9. The summed E-state index contributed by atoms with van der Waals surface area (Å²) in [6.07, 6.45) is 1.71. The Balaban J connectivity index is 1.16. The molecular formula is C25H28ClN5O4S. The van der Waals surface area contributed by atoms with Gasteiger partial charge in [-0.05, 0) is 43.7 Å². The van der Waals surface area contributed by atoms with Gasteiger partial charge in [-0.3, -0.25) is 9.69 Å². The molecule has 0 bridgehead atoms. The number of carbonyl (C=O) groups is 1. The maximum absolute atomic E-state index is 13.3. The molecule has 0 spiro atoms. The third-order valence-corrected chi connectivity index (χ3v) is 8.97. The zero-order chi connectivity index (χ0) is 25.1. The average Bonchev–Trinajstić information content (AvgIpc) is 3.37. The van der Waals surface area contributed by atoms with Gasteiger partial charge in [0.15, 0.2) is 0 Å². The van der Waals surface area contributed by atoms with Crippen molar-refractivity contribution in [2.45, 2.75) is 24.3 Å². The number of sulfonamides is 1. The average molecular weight is 530 g/mol. The fourth-order valence-electron chi connectivity index (χ4n) is 4.81. The van der Waals surface area contributed by atoms with Gasteiger partial charge < -0.3 is 9.42 Å². The Morgan fingerprint density at radius 2 is 1.72 bits per heavy atom. The molecule has 0 N–H and O–H groups in total. The van der Waals surface area contributed by atoms with E-state index in [2.05, 4.69) is 15.0 Å². The van der Waals surface area contributed by atoms with Crippen molar-refractivity contribution < 1.29 is 17.7 Å². The van der Waals surface area contributed by atoms with E-state index in [1.165, 1.54) is 4.31 Å². The van der Waals surface area contributed by atoms with Crippen molar-refractivity contribution in [2.24, 2.45) is 5.92 Å². The van der Waals surface area contributed by atoms with Crippen molar-refractivity contribution in [2.75, 3.05) is 39.3 Å². The lowest BCUT2D eigenvalue weighted by Crippen LogP contribution is -2.53. The van der Waals surface area contributed by atoms with Crippen LogP contribution >= 0.6 is 11.6 Å². The van der Waals surface area contributed by atoms with Crippen molar-refractivity contribution in [1.29, 1.82) is 0 Å². The predicted octanol–water partition coefficient (Wildman–Crippen LogP) is 3.14. The fourth-order valence-corrected chi connectivity index (χ4v) is 6.48. The third kappa shape index (κ3) is 5.31. The molecule has 0 radical (unpaired) electrons. The molecule has 9 nitrogen and oxygen atoms in total. The summed E-state index contributed by atoms with van der Waals surface area (Å²) in [6, 6.07) is 15.8. The van der Waals surface area contributed by atoms with Gasteiger partial charge in [-0.25, -0.2) is 8.42 Å². The summed E-state index contributed by atoms with van der Waals surface area (Å²) in [6.45, 7) is 3.29. The van der Waals surface area contributed by atoms with E-state index in [1.54, 1.807) is 41.3 Å². The number of likely N-dealkylation sites (tertiary alicyclic amines) is 1. The van der Waals surface area contributed by atoms with Crippen molar-refractivity contribution in [3.8, 4) is 11.4 Å². The number of hydrogen-bond acceptors (Lipinski definition) is 7. The molecule has 2 aliphatic heterocycles. The lowest BCUT2D eigenvalue weighted by molar-refractivity contribution is -0.138. The largest absolute Gasteiger partial charge is 0.340 e. The number of piperidine rings is 1. The Bertz CT molecular complexity index is 1310. The van der Waals surface area contributed by atoms with Gasteiger partial charge in [0.05, 0.1) is 22.4 Å². The van der Waals surface area contributed by atoms with E-state index < -0.39 is 10.0 Å². The summed E-state index contributed by atoms with van der Waals surface area (Å²) in [4.78, 5) is 22.0. The number of nitrogens with zero attached hydrogens (tertiary/aromatic N) is 5. The molecule has 0 saturated carbocycles. The van der Waals surface area contributed by atoms with Gasteiger partial charge in [-0.2, -0.15) is 9.29 Å². The molecule has 1 amide bonds. The molecule has 3 heterocycles. The van der Waals surface area contributed by atoms with Gasteiger partial charge in [0.2, 0.25) is 27.6 Å². The zero-order valence-electron chi connectivity index (χ0n) is 19.8. The van der Waals surface area contributed by atoms with E-state index in [9.17, 15) is 13.2 Å². The second-order valence-corrected chi connectivity index (χ2v) is 11.5. The molecule has 2 aliphatic rings. The fraction of sp³-hybridized carbons (Fsp3) is 0.400. The van der Waals surface area contributed by atoms with E-state index >= 15 is 0 Å². The van der Waals surface area contributed by atoms with E-state index in [4.69, 9.17) is 16.1 Å². The van der Waals surface area contributed by atoms with Crippen LogP contribution in [0.1, 0.15) is 18.7 Å². The summed E-state index contributed by atoms with van der Waals surface area (Å²) in [5.74, 6) is 0.877. The molecular weight excluding hydrogens is 502 g/mol. The summed E-state index contributed by atoms with van der Waals surface area (Å²) in [7, 11) is -3.54. The van der Waals surface area contributed by atoms with Gasteiger partial charge in [-0.15, -0.1) is 0 Å². The lowest BCUT2D eigenvalue weighted by atomic mass is 9.96. The Kier molecular flexibility index (Phi) is 7.38. The van der Waals surface area contributed by atoms with E-state index in [0.717, 1.165) is 19.4 Å². The Morgan fingerprint density at radius 3 is 2.47 bits per heavy atom. The van der Waals surface area contributed by atoms with Crippen LogP contribution in [0.25, 0.3) is 11.4 Å². The van der Waals surface area contributed by atoms with Gasteiger partial charge in [0.25, 0.3) is 0 Å². The second-order valence-electron chi connectivity index (χ2n) is 9.11. The summed E-state index contributed by atoms with van der Waals surface area (Å²) < 4.78 is 32.7. The highest BCUT2D eigenvalue weighted by Crippen LogP contribution is 2.26. The first kappa shape index (κ1) is 24.9. The van der Waals surface area contributed by atoms with Crippen LogP contribution in [0, 0.1) is 5.92 Å². The van der Waals surface area contributed by atoms with Crippen molar-refractivity contribution >= 4 is 27.5 Å². The van der Waals surface area contributed by atoms with Crippen LogP contribution in [0.15, 0.2) is 64.0 Å². The van der Waals surface area contributed by atoms with Crippen LogP contribution in [0.5, 0.6) is 0 Å². The SMILES string of the molecule is O=C(C1CCCN(Cc2nc(-c3ccccc3Cl)no2)C1)N1CCN(S(=O)(=O)c2ccccc2)CC1. The predicted molar refractivity (Wildman–Crippen MR) is 135 cm³/mol. The number of benzene rings is 2. The van der Waals surface area contributed by atoms with Gasteiger partial charge in [0.1, 0.15) is 0 Å². The van der Waals surface area contributed by atoms with Crippen molar-refractivity contribution in [3.05, 3.63) is 65.5 Å². The molecule has 2 fully saturated rings. The van der Waals surface area contributed by atoms with E-state index in [-0.39, 0.29) is 16.7 Å². The molecule has 2 saturated heterocycles. The number of aromatic nitrogens is 2. The topological polar surface area (TPSA) is 99.8 Å². The molecule has 0 aliphatic carbocycles.